The summed E-state index contributed by atoms with van der Waals surface area (Å²) in [6.45, 7) is 0. The van der Waals surface area contributed by atoms with Crippen LogP contribution in [0.3, 0.4) is 0 Å². The molecule has 3 nitrogen and oxygen atoms in total. The van der Waals surface area contributed by atoms with Gasteiger partial charge in [0.2, 0.25) is 0 Å². The van der Waals surface area contributed by atoms with Crippen molar-refractivity contribution in [3.05, 3.63) is 84.3 Å². The van der Waals surface area contributed by atoms with Crippen LogP contribution in [-0.4, -0.2) is 10.9 Å². The maximum atomic E-state index is 12.0. The summed E-state index contributed by atoms with van der Waals surface area (Å²) in [4.78, 5) is 12.9. The van der Waals surface area contributed by atoms with Crippen LogP contribution in [0.15, 0.2) is 84.3 Å². The molecule has 98 valence electrons. The quantitative estimate of drug-likeness (QED) is 0.601. The van der Waals surface area contributed by atoms with Crippen molar-refractivity contribution in [2.75, 3.05) is 0 Å². The van der Waals surface area contributed by atoms with E-state index in [2.05, 4.69) is 0 Å². The molecule has 1 aliphatic carbocycles. The largest absolute Gasteiger partial charge is 0.503 e. The predicted octanol–water partition coefficient (Wildman–Crippen LogP) is 1.94. The molecule has 1 aliphatic heterocycles. The van der Waals surface area contributed by atoms with E-state index in [0.717, 1.165) is 16.3 Å². The van der Waals surface area contributed by atoms with Gasteiger partial charge in [0, 0.05) is 12.1 Å². The lowest BCUT2D eigenvalue weighted by molar-refractivity contribution is -0.727. The Morgan fingerprint density at radius 3 is 2.45 bits per heavy atom. The highest BCUT2D eigenvalue weighted by Gasteiger charge is 2.25. The summed E-state index contributed by atoms with van der Waals surface area (Å²) in [6.07, 6.45) is 14.5. The minimum Gasteiger partial charge on any atom is -0.503 e. The maximum absolute atomic E-state index is 12.0. The molecule has 20 heavy (non-hydrogen) atoms. The highest BCUT2D eigenvalue weighted by molar-refractivity contribution is 6.08. The van der Waals surface area contributed by atoms with Crippen molar-refractivity contribution in [2.24, 2.45) is 0 Å². The molecule has 0 saturated carbocycles. The fourth-order valence-electron chi connectivity index (χ4n) is 2.34. The van der Waals surface area contributed by atoms with E-state index < -0.39 is 0 Å². The molecular weight excluding hydrogens is 250 g/mol. The molecule has 2 N–H and O–H groups in total. The number of quaternary nitrogens is 1. The SMILES string of the molecule is O=C1C=CC=CC1=C1C=CC=C[NH+]1c1ccccc1O. The summed E-state index contributed by atoms with van der Waals surface area (Å²) in [5.41, 5.74) is 2.21. The smallest absolute Gasteiger partial charge is 0.191 e. The Morgan fingerprint density at radius 2 is 1.65 bits per heavy atom. The Balaban J connectivity index is 2.13. The maximum Gasteiger partial charge on any atom is 0.191 e. The molecule has 0 aromatic heterocycles. The number of phenols is 1. The Morgan fingerprint density at radius 1 is 0.900 bits per heavy atom. The molecule has 0 radical (unpaired) electrons. The van der Waals surface area contributed by atoms with E-state index in [4.69, 9.17) is 0 Å². The predicted molar refractivity (Wildman–Crippen MR) is 77.3 cm³/mol. The van der Waals surface area contributed by atoms with Crippen molar-refractivity contribution in [3.63, 3.8) is 0 Å². The third-order valence-electron chi connectivity index (χ3n) is 3.30. The van der Waals surface area contributed by atoms with Crippen molar-refractivity contribution in [1.29, 1.82) is 0 Å². The molecule has 1 unspecified atom stereocenters. The van der Waals surface area contributed by atoms with Crippen LogP contribution in [0.2, 0.25) is 0 Å². The average Bonchev–Trinajstić information content (AvgIpc) is 2.48. The second kappa shape index (κ2) is 5.15. The van der Waals surface area contributed by atoms with Crippen molar-refractivity contribution in [2.45, 2.75) is 0 Å². The highest BCUT2D eigenvalue weighted by atomic mass is 16.3. The molecule has 2 aliphatic rings. The molecule has 0 fully saturated rings. The van der Waals surface area contributed by atoms with Crippen LogP contribution >= 0.6 is 0 Å². The second-order valence-corrected chi connectivity index (χ2v) is 4.56. The fourth-order valence-corrected chi connectivity index (χ4v) is 2.34. The van der Waals surface area contributed by atoms with Crippen LogP contribution in [0.5, 0.6) is 5.75 Å². The van der Waals surface area contributed by atoms with Gasteiger partial charge in [-0.2, -0.15) is 0 Å². The second-order valence-electron chi connectivity index (χ2n) is 4.56. The van der Waals surface area contributed by atoms with Crippen LogP contribution in [-0.2, 0) is 4.79 Å². The number of para-hydroxylation sites is 2. The van der Waals surface area contributed by atoms with E-state index >= 15 is 0 Å². The van der Waals surface area contributed by atoms with Gasteiger partial charge in [-0.15, -0.1) is 0 Å². The Hall–Kier alpha value is -2.65. The van der Waals surface area contributed by atoms with E-state index in [0.29, 0.717) is 5.57 Å². The van der Waals surface area contributed by atoms with Gasteiger partial charge in [0.15, 0.2) is 22.9 Å². The molecule has 0 bridgehead atoms. The molecule has 1 aromatic carbocycles. The van der Waals surface area contributed by atoms with Gasteiger partial charge in [-0.05, 0) is 24.3 Å². The van der Waals surface area contributed by atoms with Crippen molar-refractivity contribution < 1.29 is 14.8 Å². The molecule has 0 saturated heterocycles. The first kappa shape index (κ1) is 12.4. The summed E-state index contributed by atoms with van der Waals surface area (Å²) in [5, 5.41) is 10.0. The number of phenolic OH excluding ortho intramolecular Hbond substituents is 1. The van der Waals surface area contributed by atoms with Crippen molar-refractivity contribution in [3.8, 4) is 5.75 Å². The van der Waals surface area contributed by atoms with Gasteiger partial charge < -0.3 is 5.11 Å². The van der Waals surface area contributed by atoms with E-state index in [1.807, 2.05) is 42.6 Å². The lowest BCUT2D eigenvalue weighted by Crippen LogP contribution is -3.00. The summed E-state index contributed by atoms with van der Waals surface area (Å²) in [6, 6.07) is 7.15. The normalized spacial score (nSPS) is 24.4. The molecule has 1 atom stereocenters. The van der Waals surface area contributed by atoms with E-state index in [1.165, 1.54) is 0 Å². The van der Waals surface area contributed by atoms with Crippen LogP contribution in [0.25, 0.3) is 0 Å². The molecule has 0 amide bonds. The number of allylic oxidation sites excluding steroid dienone is 8. The zero-order valence-electron chi connectivity index (χ0n) is 10.8. The number of hydrogen-bond acceptors (Lipinski definition) is 2. The summed E-state index contributed by atoms with van der Waals surface area (Å²) < 4.78 is 0. The van der Waals surface area contributed by atoms with Crippen LogP contribution < -0.4 is 4.90 Å². The van der Waals surface area contributed by atoms with Crippen molar-refractivity contribution in [1.82, 2.24) is 0 Å². The molecule has 3 rings (SSSR count). The highest BCUT2D eigenvalue weighted by Crippen LogP contribution is 2.21. The van der Waals surface area contributed by atoms with Crippen molar-refractivity contribution >= 4 is 11.5 Å². The number of carbonyl (C=O) groups excluding carboxylic acids is 1. The first-order valence-electron chi connectivity index (χ1n) is 6.41. The lowest BCUT2D eigenvalue weighted by Gasteiger charge is -2.20. The number of ketones is 1. The first-order chi connectivity index (χ1) is 9.77. The van der Waals surface area contributed by atoms with Crippen LogP contribution in [0.1, 0.15) is 0 Å². The van der Waals surface area contributed by atoms with Gasteiger partial charge in [0.05, 0.1) is 5.57 Å². The molecule has 1 aromatic rings. The van der Waals surface area contributed by atoms with Crippen LogP contribution in [0, 0.1) is 0 Å². The third kappa shape index (κ3) is 2.15. The Bertz CT molecular complexity index is 705. The zero-order chi connectivity index (χ0) is 13.9. The summed E-state index contributed by atoms with van der Waals surface area (Å²) in [5.74, 6) is 0.193. The molecule has 0 spiro atoms. The molecule has 3 heteroatoms. The number of carbonyl (C=O) groups is 1. The van der Waals surface area contributed by atoms with Gasteiger partial charge in [0.1, 0.15) is 6.20 Å². The standard InChI is InChI=1S/C17H13NO2/c19-16-10-3-1-7-13(16)14-8-5-6-12-18(14)15-9-2-4-11-17(15)20/h1-12,20H/p+1. The zero-order valence-corrected chi connectivity index (χ0v) is 10.8. The molecule has 1 heterocycles. The minimum absolute atomic E-state index is 0.0182. The summed E-state index contributed by atoms with van der Waals surface area (Å²) >= 11 is 0. The topological polar surface area (TPSA) is 41.7 Å². The number of benzene rings is 1. The monoisotopic (exact) mass is 264 g/mol. The Kier molecular flexibility index (Phi) is 3.19. The van der Waals surface area contributed by atoms with Gasteiger partial charge >= 0.3 is 0 Å². The van der Waals surface area contributed by atoms with Gasteiger partial charge in [-0.25, -0.2) is 4.90 Å². The number of nitrogens with one attached hydrogen (secondary N) is 1. The fraction of sp³-hybridized carbons (Fsp3) is 0. The van der Waals surface area contributed by atoms with Gasteiger partial charge in [-0.3, -0.25) is 4.79 Å². The lowest BCUT2D eigenvalue weighted by atomic mass is 10.0. The minimum atomic E-state index is -0.0182. The number of aromatic hydroxyl groups is 1. The van der Waals surface area contributed by atoms with E-state index in [-0.39, 0.29) is 11.5 Å². The third-order valence-corrected chi connectivity index (χ3v) is 3.30. The van der Waals surface area contributed by atoms with Crippen LogP contribution in [0.4, 0.5) is 5.69 Å². The number of hydrogen-bond donors (Lipinski definition) is 2. The van der Waals surface area contributed by atoms with Gasteiger partial charge in [0.25, 0.3) is 0 Å². The average molecular weight is 264 g/mol. The van der Waals surface area contributed by atoms with E-state index in [9.17, 15) is 9.90 Å². The first-order valence-corrected chi connectivity index (χ1v) is 6.41. The summed E-state index contributed by atoms with van der Waals surface area (Å²) in [7, 11) is 0. The van der Waals surface area contributed by atoms with Gasteiger partial charge in [-0.1, -0.05) is 30.4 Å². The number of rotatable bonds is 1. The van der Waals surface area contributed by atoms with E-state index in [1.54, 1.807) is 30.4 Å². The Labute approximate surface area is 117 Å². The molecular formula is C17H14NO2+.